The lowest BCUT2D eigenvalue weighted by molar-refractivity contribution is -0.117. The minimum absolute atomic E-state index is 0.00748. The van der Waals surface area contributed by atoms with Crippen LogP contribution in [0.5, 0.6) is 0 Å². The number of carbonyl (C=O) groups excluding carboxylic acids is 2. The number of nitrogens with zero attached hydrogens (tertiary/aromatic N) is 1. The molecule has 7 nitrogen and oxygen atoms in total. The van der Waals surface area contributed by atoms with E-state index in [-0.39, 0.29) is 5.57 Å². The third kappa shape index (κ3) is 8.88. The normalized spacial score (nSPS) is 10.8. The maximum Gasteiger partial charge on any atom is 0.337 e. The summed E-state index contributed by atoms with van der Waals surface area (Å²) >= 11 is 0. The van der Waals surface area contributed by atoms with Crippen LogP contribution in [-0.4, -0.2) is 38.7 Å². The van der Waals surface area contributed by atoms with Crippen molar-refractivity contribution in [2.75, 3.05) is 26.9 Å². The molecule has 0 aliphatic rings. The van der Waals surface area contributed by atoms with E-state index in [4.69, 9.17) is 10.00 Å². The summed E-state index contributed by atoms with van der Waals surface area (Å²) in [5, 5.41) is 14.8. The molecule has 27 heavy (non-hydrogen) atoms. The van der Waals surface area contributed by atoms with E-state index in [1.165, 1.54) is 13.3 Å². The standard InChI is InChI=1S/C20H27N3O4/c1-3-4-11-27-12-5-10-23-19(24)18(13-21)15-22-14-16-6-8-17(9-7-16)20(25)26-2/h6-9,15,22H,3-5,10-12,14H2,1-2H3,(H,23,24)/b18-15-. The minimum Gasteiger partial charge on any atom is -0.465 e. The fraction of sp³-hybridized carbons (Fsp3) is 0.450. The lowest BCUT2D eigenvalue weighted by Crippen LogP contribution is -2.27. The van der Waals surface area contributed by atoms with Crippen LogP contribution in [0.3, 0.4) is 0 Å². The van der Waals surface area contributed by atoms with Gasteiger partial charge >= 0.3 is 5.97 Å². The molecular formula is C20H27N3O4. The lowest BCUT2D eigenvalue weighted by atomic mass is 10.1. The van der Waals surface area contributed by atoms with Gasteiger partial charge in [-0.2, -0.15) is 5.26 Å². The van der Waals surface area contributed by atoms with Crippen molar-refractivity contribution in [2.45, 2.75) is 32.7 Å². The fourth-order valence-corrected chi connectivity index (χ4v) is 2.12. The van der Waals surface area contributed by atoms with Gasteiger partial charge < -0.3 is 20.1 Å². The molecule has 0 spiro atoms. The number of hydrogen-bond donors (Lipinski definition) is 2. The van der Waals surface area contributed by atoms with E-state index in [9.17, 15) is 9.59 Å². The number of nitrogens with one attached hydrogen (secondary N) is 2. The van der Waals surface area contributed by atoms with Crippen molar-refractivity contribution in [3.05, 3.63) is 47.2 Å². The highest BCUT2D eigenvalue weighted by Gasteiger charge is 2.08. The highest BCUT2D eigenvalue weighted by molar-refractivity contribution is 5.97. The molecule has 7 heteroatoms. The summed E-state index contributed by atoms with van der Waals surface area (Å²) in [6.45, 7) is 4.30. The van der Waals surface area contributed by atoms with Gasteiger partial charge in [0.2, 0.25) is 0 Å². The number of ether oxygens (including phenoxy) is 2. The monoisotopic (exact) mass is 373 g/mol. The number of unbranched alkanes of at least 4 members (excludes halogenated alkanes) is 1. The summed E-state index contributed by atoms with van der Waals surface area (Å²) < 4.78 is 10.1. The van der Waals surface area contributed by atoms with Crippen LogP contribution in [0.25, 0.3) is 0 Å². The molecule has 0 radical (unpaired) electrons. The number of carbonyl (C=O) groups is 2. The summed E-state index contributed by atoms with van der Waals surface area (Å²) in [6.07, 6.45) is 4.22. The Bertz CT molecular complexity index is 663. The van der Waals surface area contributed by atoms with E-state index in [2.05, 4.69) is 22.3 Å². The molecule has 1 rings (SSSR count). The van der Waals surface area contributed by atoms with Gasteiger partial charge in [-0.15, -0.1) is 0 Å². The third-order valence-electron chi connectivity index (χ3n) is 3.69. The number of rotatable bonds is 12. The van der Waals surface area contributed by atoms with Crippen molar-refractivity contribution in [1.29, 1.82) is 5.26 Å². The molecule has 146 valence electrons. The van der Waals surface area contributed by atoms with Gasteiger partial charge in [-0.1, -0.05) is 25.5 Å². The Balaban J connectivity index is 2.36. The van der Waals surface area contributed by atoms with Crippen LogP contribution < -0.4 is 10.6 Å². The molecular weight excluding hydrogens is 346 g/mol. The largest absolute Gasteiger partial charge is 0.465 e. The smallest absolute Gasteiger partial charge is 0.337 e. The number of benzene rings is 1. The Labute approximate surface area is 160 Å². The number of amides is 1. The molecule has 0 aromatic heterocycles. The highest BCUT2D eigenvalue weighted by Crippen LogP contribution is 2.05. The second kappa shape index (κ2) is 13.4. The average molecular weight is 373 g/mol. The summed E-state index contributed by atoms with van der Waals surface area (Å²) in [6, 6.07) is 8.75. The van der Waals surface area contributed by atoms with Crippen molar-refractivity contribution in [3.8, 4) is 6.07 Å². The number of esters is 1. The number of nitriles is 1. The average Bonchev–Trinajstić information content (AvgIpc) is 2.70. The SMILES string of the molecule is CCCCOCCCNC(=O)/C(C#N)=C\NCc1ccc(C(=O)OC)cc1. The van der Waals surface area contributed by atoms with Crippen molar-refractivity contribution in [1.82, 2.24) is 10.6 Å². The number of methoxy groups -OCH3 is 1. The molecule has 2 N–H and O–H groups in total. The van der Waals surface area contributed by atoms with Crippen molar-refractivity contribution >= 4 is 11.9 Å². The Kier molecular flexibility index (Phi) is 11.0. The summed E-state index contributed by atoms with van der Waals surface area (Å²) in [4.78, 5) is 23.4. The molecule has 0 saturated carbocycles. The summed E-state index contributed by atoms with van der Waals surface area (Å²) in [5.74, 6) is -0.812. The van der Waals surface area contributed by atoms with Gasteiger partial charge in [0.15, 0.2) is 0 Å². The van der Waals surface area contributed by atoms with Crippen molar-refractivity contribution in [3.63, 3.8) is 0 Å². The molecule has 0 saturated heterocycles. The van der Waals surface area contributed by atoms with E-state index in [1.807, 2.05) is 6.07 Å². The zero-order valence-corrected chi connectivity index (χ0v) is 15.9. The first-order valence-corrected chi connectivity index (χ1v) is 8.99. The van der Waals surface area contributed by atoms with Crippen LogP contribution in [0.15, 0.2) is 36.0 Å². The predicted molar refractivity (Wildman–Crippen MR) is 102 cm³/mol. The highest BCUT2D eigenvalue weighted by atomic mass is 16.5. The summed E-state index contributed by atoms with van der Waals surface area (Å²) in [5.41, 5.74) is 1.38. The molecule has 1 amide bonds. The van der Waals surface area contributed by atoms with Gasteiger partial charge in [0.05, 0.1) is 12.7 Å². The summed E-state index contributed by atoms with van der Waals surface area (Å²) in [7, 11) is 1.33. The molecule has 0 aliphatic carbocycles. The molecule has 0 heterocycles. The van der Waals surface area contributed by atoms with Gasteiger partial charge in [0.1, 0.15) is 11.6 Å². The van der Waals surface area contributed by atoms with Gasteiger partial charge in [0, 0.05) is 32.5 Å². The first kappa shape index (κ1) is 22.2. The fourth-order valence-electron chi connectivity index (χ4n) is 2.12. The van der Waals surface area contributed by atoms with Crippen LogP contribution in [-0.2, 0) is 20.8 Å². The van der Waals surface area contributed by atoms with Crippen LogP contribution in [0.2, 0.25) is 0 Å². The number of hydrogen-bond acceptors (Lipinski definition) is 6. The maximum absolute atomic E-state index is 12.0. The molecule has 0 fully saturated rings. The molecule has 0 bridgehead atoms. The van der Waals surface area contributed by atoms with Crippen LogP contribution in [0, 0.1) is 11.3 Å². The predicted octanol–water partition coefficient (Wildman–Crippen LogP) is 2.29. The topological polar surface area (TPSA) is 100 Å². The van der Waals surface area contributed by atoms with E-state index in [0.717, 1.165) is 25.0 Å². The van der Waals surface area contributed by atoms with Gasteiger partial charge in [0.25, 0.3) is 5.91 Å². The second-order valence-electron chi connectivity index (χ2n) is 5.81. The Morgan fingerprint density at radius 3 is 2.52 bits per heavy atom. The second-order valence-corrected chi connectivity index (χ2v) is 5.81. The Hall–Kier alpha value is -2.85. The zero-order chi connectivity index (χ0) is 19.9. The maximum atomic E-state index is 12.0. The van der Waals surface area contributed by atoms with Crippen LogP contribution in [0.1, 0.15) is 42.1 Å². The third-order valence-corrected chi connectivity index (χ3v) is 3.69. The molecule has 0 aliphatic heterocycles. The van der Waals surface area contributed by atoms with Gasteiger partial charge in [-0.25, -0.2) is 4.79 Å². The van der Waals surface area contributed by atoms with E-state index in [0.29, 0.717) is 31.7 Å². The van der Waals surface area contributed by atoms with Crippen LogP contribution in [0.4, 0.5) is 0 Å². The zero-order valence-electron chi connectivity index (χ0n) is 15.9. The first-order valence-electron chi connectivity index (χ1n) is 8.99. The Morgan fingerprint density at radius 1 is 1.19 bits per heavy atom. The minimum atomic E-state index is -0.417. The van der Waals surface area contributed by atoms with E-state index < -0.39 is 11.9 Å². The van der Waals surface area contributed by atoms with Gasteiger partial charge in [-0.05, 0) is 30.5 Å². The molecule has 1 aromatic carbocycles. The van der Waals surface area contributed by atoms with Crippen molar-refractivity contribution < 1.29 is 19.1 Å². The van der Waals surface area contributed by atoms with E-state index in [1.54, 1.807) is 24.3 Å². The quantitative estimate of drug-likeness (QED) is 0.252. The molecule has 1 aromatic rings. The molecule has 0 unspecified atom stereocenters. The Morgan fingerprint density at radius 2 is 1.89 bits per heavy atom. The van der Waals surface area contributed by atoms with Crippen LogP contribution >= 0.6 is 0 Å². The lowest BCUT2D eigenvalue weighted by Gasteiger charge is -2.06. The van der Waals surface area contributed by atoms with Crippen molar-refractivity contribution in [2.24, 2.45) is 0 Å². The van der Waals surface area contributed by atoms with Gasteiger partial charge in [-0.3, -0.25) is 4.79 Å². The molecule has 0 atom stereocenters. The van der Waals surface area contributed by atoms with E-state index >= 15 is 0 Å². The first-order chi connectivity index (χ1) is 13.1.